The molecule has 0 aliphatic carbocycles. The van der Waals surface area contributed by atoms with Gasteiger partial charge >= 0.3 is 0 Å². The number of nitrogens with two attached hydrogens (primary N) is 1. The van der Waals surface area contributed by atoms with Crippen LogP contribution >= 0.6 is 11.6 Å². The quantitative estimate of drug-likeness (QED) is 0.592. The lowest BCUT2D eigenvalue weighted by Crippen LogP contribution is -2.35. The van der Waals surface area contributed by atoms with Gasteiger partial charge in [0.1, 0.15) is 5.15 Å². The maximum Gasteiger partial charge on any atom is 0.129 e. The zero-order valence-electron chi connectivity index (χ0n) is 7.87. The molecule has 0 aliphatic heterocycles. The number of nitrogens with zero attached hydrogens (tertiary/aromatic N) is 2. The van der Waals surface area contributed by atoms with Crippen LogP contribution in [0.3, 0.4) is 0 Å². The average Bonchev–Trinajstić information content (AvgIpc) is 2.08. The molecular formula is C9H14ClN3. The van der Waals surface area contributed by atoms with Crippen LogP contribution in [0.5, 0.6) is 0 Å². The van der Waals surface area contributed by atoms with Gasteiger partial charge in [0.05, 0.1) is 6.17 Å². The van der Waals surface area contributed by atoms with Gasteiger partial charge in [0, 0.05) is 12.7 Å². The molecule has 0 amide bonds. The lowest BCUT2D eigenvalue weighted by Gasteiger charge is -2.20. The monoisotopic (exact) mass is 199 g/mol. The van der Waals surface area contributed by atoms with Crippen molar-refractivity contribution in [2.45, 2.75) is 19.6 Å². The summed E-state index contributed by atoms with van der Waals surface area (Å²) in [7, 11) is 1.97. The van der Waals surface area contributed by atoms with Gasteiger partial charge < -0.3 is 5.73 Å². The second-order valence-electron chi connectivity index (χ2n) is 3.14. The van der Waals surface area contributed by atoms with E-state index in [0.29, 0.717) is 5.15 Å². The van der Waals surface area contributed by atoms with E-state index < -0.39 is 0 Å². The molecule has 1 aromatic rings. The van der Waals surface area contributed by atoms with Crippen molar-refractivity contribution in [3.63, 3.8) is 0 Å². The Labute approximate surface area is 83.5 Å². The van der Waals surface area contributed by atoms with E-state index in [0.717, 1.165) is 12.1 Å². The van der Waals surface area contributed by atoms with Gasteiger partial charge in [-0.2, -0.15) is 0 Å². The third kappa shape index (κ3) is 3.30. The highest BCUT2D eigenvalue weighted by molar-refractivity contribution is 6.29. The maximum absolute atomic E-state index is 5.69. The minimum Gasteiger partial charge on any atom is -0.316 e. The summed E-state index contributed by atoms with van der Waals surface area (Å²) in [5, 5.41) is 0.521. The van der Waals surface area contributed by atoms with Crippen LogP contribution in [0.15, 0.2) is 18.3 Å². The summed E-state index contributed by atoms with van der Waals surface area (Å²) in [5.74, 6) is 0. The van der Waals surface area contributed by atoms with Gasteiger partial charge in [-0.05, 0) is 25.6 Å². The van der Waals surface area contributed by atoms with Crippen molar-refractivity contribution in [3.05, 3.63) is 29.0 Å². The van der Waals surface area contributed by atoms with Crippen molar-refractivity contribution >= 4 is 11.6 Å². The predicted octanol–water partition coefficient (Wildman–Crippen LogP) is 1.47. The lowest BCUT2D eigenvalue weighted by atomic mass is 10.2. The smallest absolute Gasteiger partial charge is 0.129 e. The summed E-state index contributed by atoms with van der Waals surface area (Å²) in [5.41, 5.74) is 6.81. The fraction of sp³-hybridized carbons (Fsp3) is 0.444. The van der Waals surface area contributed by atoms with Gasteiger partial charge in [-0.25, -0.2) is 4.98 Å². The molecule has 3 nitrogen and oxygen atoms in total. The van der Waals surface area contributed by atoms with Gasteiger partial charge in [0.15, 0.2) is 0 Å². The zero-order valence-corrected chi connectivity index (χ0v) is 8.62. The van der Waals surface area contributed by atoms with Crippen molar-refractivity contribution in [2.24, 2.45) is 5.73 Å². The first-order valence-electron chi connectivity index (χ1n) is 4.16. The molecule has 0 aromatic carbocycles. The van der Waals surface area contributed by atoms with Gasteiger partial charge in [0.25, 0.3) is 0 Å². The number of halogens is 1. The Morgan fingerprint density at radius 3 is 2.77 bits per heavy atom. The van der Waals surface area contributed by atoms with E-state index in [1.807, 2.05) is 24.9 Å². The van der Waals surface area contributed by atoms with Crippen molar-refractivity contribution in [3.8, 4) is 0 Å². The fourth-order valence-corrected chi connectivity index (χ4v) is 1.04. The van der Waals surface area contributed by atoms with Crippen LogP contribution in [0.2, 0.25) is 5.15 Å². The third-order valence-electron chi connectivity index (χ3n) is 1.92. The molecule has 2 N–H and O–H groups in total. The molecule has 1 aromatic heterocycles. The Morgan fingerprint density at radius 2 is 2.31 bits per heavy atom. The molecule has 0 radical (unpaired) electrons. The van der Waals surface area contributed by atoms with Crippen molar-refractivity contribution in [2.75, 3.05) is 7.05 Å². The van der Waals surface area contributed by atoms with Gasteiger partial charge in [0.2, 0.25) is 0 Å². The molecule has 1 heterocycles. The standard InChI is InChI=1S/C9H14ClN3/c1-7(11)13(2)6-8-3-4-9(10)12-5-8/h3-5,7H,6,11H2,1-2H3. The van der Waals surface area contributed by atoms with E-state index in [1.54, 1.807) is 12.3 Å². The molecule has 1 unspecified atom stereocenters. The summed E-state index contributed by atoms with van der Waals surface area (Å²) in [6, 6.07) is 3.74. The van der Waals surface area contributed by atoms with E-state index in [4.69, 9.17) is 17.3 Å². The highest BCUT2D eigenvalue weighted by Gasteiger charge is 2.04. The Morgan fingerprint density at radius 1 is 1.62 bits per heavy atom. The normalized spacial score (nSPS) is 13.3. The first-order valence-corrected chi connectivity index (χ1v) is 4.53. The Kier molecular flexibility index (Phi) is 3.66. The molecule has 0 fully saturated rings. The summed E-state index contributed by atoms with van der Waals surface area (Å²) in [6.45, 7) is 2.74. The molecule has 0 aliphatic rings. The molecule has 72 valence electrons. The van der Waals surface area contributed by atoms with E-state index >= 15 is 0 Å². The fourth-order valence-electron chi connectivity index (χ4n) is 0.932. The molecule has 0 spiro atoms. The molecule has 1 atom stereocenters. The molecular weight excluding hydrogens is 186 g/mol. The van der Waals surface area contributed by atoms with Crippen LogP contribution in [-0.2, 0) is 6.54 Å². The third-order valence-corrected chi connectivity index (χ3v) is 2.14. The van der Waals surface area contributed by atoms with Crippen LogP contribution in [-0.4, -0.2) is 23.1 Å². The van der Waals surface area contributed by atoms with Crippen molar-refractivity contribution < 1.29 is 0 Å². The van der Waals surface area contributed by atoms with Crippen LogP contribution in [0.1, 0.15) is 12.5 Å². The highest BCUT2D eigenvalue weighted by Crippen LogP contribution is 2.07. The van der Waals surface area contributed by atoms with Crippen LogP contribution in [0.25, 0.3) is 0 Å². The number of pyridine rings is 1. The van der Waals surface area contributed by atoms with E-state index in [2.05, 4.69) is 4.98 Å². The molecule has 0 saturated heterocycles. The SMILES string of the molecule is CC(N)N(C)Cc1ccc(Cl)nc1. The van der Waals surface area contributed by atoms with Crippen LogP contribution < -0.4 is 5.73 Å². The van der Waals surface area contributed by atoms with E-state index in [-0.39, 0.29) is 6.17 Å². The summed E-state index contributed by atoms with van der Waals surface area (Å²) >= 11 is 5.66. The Balaban J connectivity index is 2.59. The van der Waals surface area contributed by atoms with Crippen LogP contribution in [0.4, 0.5) is 0 Å². The zero-order chi connectivity index (χ0) is 9.84. The van der Waals surface area contributed by atoms with E-state index in [9.17, 15) is 0 Å². The predicted molar refractivity (Wildman–Crippen MR) is 54.4 cm³/mol. The Hall–Kier alpha value is -0.640. The molecule has 13 heavy (non-hydrogen) atoms. The summed E-state index contributed by atoms with van der Waals surface area (Å²) in [6.07, 6.45) is 1.82. The van der Waals surface area contributed by atoms with Gasteiger partial charge in [-0.15, -0.1) is 0 Å². The first-order chi connectivity index (χ1) is 6.09. The number of hydrogen-bond donors (Lipinski definition) is 1. The average molecular weight is 200 g/mol. The summed E-state index contributed by atoms with van der Waals surface area (Å²) in [4.78, 5) is 6.02. The van der Waals surface area contributed by atoms with Gasteiger partial charge in [-0.3, -0.25) is 4.90 Å². The first kappa shape index (κ1) is 10.4. The second-order valence-corrected chi connectivity index (χ2v) is 3.53. The van der Waals surface area contributed by atoms with Crippen LogP contribution in [0, 0.1) is 0 Å². The number of hydrogen-bond acceptors (Lipinski definition) is 3. The van der Waals surface area contributed by atoms with Crippen molar-refractivity contribution in [1.29, 1.82) is 0 Å². The van der Waals surface area contributed by atoms with Crippen molar-refractivity contribution in [1.82, 2.24) is 9.88 Å². The highest BCUT2D eigenvalue weighted by atomic mass is 35.5. The topological polar surface area (TPSA) is 42.1 Å². The van der Waals surface area contributed by atoms with Gasteiger partial charge in [-0.1, -0.05) is 17.7 Å². The number of rotatable bonds is 3. The number of aromatic nitrogens is 1. The minimum absolute atomic E-state index is 0.0516. The second kappa shape index (κ2) is 4.56. The minimum atomic E-state index is 0.0516. The lowest BCUT2D eigenvalue weighted by molar-refractivity contribution is 0.255. The summed E-state index contributed by atoms with van der Waals surface area (Å²) < 4.78 is 0. The molecule has 0 saturated carbocycles. The molecule has 1 rings (SSSR count). The Bertz CT molecular complexity index is 258. The largest absolute Gasteiger partial charge is 0.316 e. The maximum atomic E-state index is 5.69. The molecule has 0 bridgehead atoms. The molecule has 4 heteroatoms. The van der Waals surface area contributed by atoms with E-state index in [1.165, 1.54) is 0 Å².